The molecule has 0 unspecified atom stereocenters. The van der Waals surface area contributed by atoms with Crippen LogP contribution in [0.3, 0.4) is 0 Å². The van der Waals surface area contributed by atoms with Gasteiger partial charge in [0.25, 0.3) is 0 Å². The number of hydrogen-bond acceptors (Lipinski definition) is 4. The number of amides is 2. The third-order valence-electron chi connectivity index (χ3n) is 4.42. The summed E-state index contributed by atoms with van der Waals surface area (Å²) in [6, 6.07) is 17.3. The number of benzene rings is 2. The van der Waals surface area contributed by atoms with E-state index in [-0.39, 0.29) is 24.9 Å². The summed E-state index contributed by atoms with van der Waals surface area (Å²) in [5, 5.41) is 12.9. The van der Waals surface area contributed by atoms with Crippen LogP contribution in [0.25, 0.3) is 0 Å². The lowest BCUT2D eigenvalue weighted by Gasteiger charge is -2.24. The highest BCUT2D eigenvalue weighted by Gasteiger charge is 2.40. The first-order valence-electron chi connectivity index (χ1n) is 8.61. The van der Waals surface area contributed by atoms with E-state index in [1.807, 2.05) is 43.3 Å². The second-order valence-corrected chi connectivity index (χ2v) is 6.38. The molecule has 26 heavy (non-hydrogen) atoms. The Morgan fingerprint density at radius 2 is 1.73 bits per heavy atom. The normalized spacial score (nSPS) is 20.5. The summed E-state index contributed by atoms with van der Waals surface area (Å²) < 4.78 is 5.31. The van der Waals surface area contributed by atoms with Gasteiger partial charge in [0.15, 0.2) is 0 Å². The number of para-hydroxylation sites is 1. The summed E-state index contributed by atoms with van der Waals surface area (Å²) >= 11 is 0. The lowest BCUT2D eigenvalue weighted by Crippen LogP contribution is -2.47. The van der Waals surface area contributed by atoms with Crippen LogP contribution in [0.15, 0.2) is 60.7 Å². The van der Waals surface area contributed by atoms with Gasteiger partial charge >= 0.3 is 6.09 Å². The Balaban J connectivity index is 1.66. The Kier molecular flexibility index (Phi) is 5.53. The van der Waals surface area contributed by atoms with Crippen molar-refractivity contribution < 1.29 is 19.4 Å². The third kappa shape index (κ3) is 4.21. The maximum atomic E-state index is 12.7. The van der Waals surface area contributed by atoms with Gasteiger partial charge in [-0.2, -0.15) is 0 Å². The van der Waals surface area contributed by atoms with Crippen molar-refractivity contribution in [1.29, 1.82) is 0 Å². The number of likely N-dealkylation sites (tertiary alicyclic amines) is 1. The number of ether oxygens (including phenoxy) is 1. The second kappa shape index (κ2) is 8.01. The van der Waals surface area contributed by atoms with Crippen molar-refractivity contribution in [3.05, 3.63) is 66.2 Å². The van der Waals surface area contributed by atoms with Gasteiger partial charge in [0.2, 0.25) is 5.91 Å². The van der Waals surface area contributed by atoms with E-state index >= 15 is 0 Å². The molecule has 1 aliphatic heterocycles. The van der Waals surface area contributed by atoms with E-state index in [1.165, 1.54) is 4.90 Å². The smallest absolute Gasteiger partial charge is 0.410 e. The number of β-amino-alcohol motifs (C(OH)–C–C–N with tert-alkyl or cyclic N) is 1. The Hall–Kier alpha value is -2.86. The van der Waals surface area contributed by atoms with Gasteiger partial charge < -0.3 is 15.2 Å². The summed E-state index contributed by atoms with van der Waals surface area (Å²) in [7, 11) is 0. The van der Waals surface area contributed by atoms with Crippen LogP contribution in [0.1, 0.15) is 24.9 Å². The van der Waals surface area contributed by atoms with Gasteiger partial charge in [-0.15, -0.1) is 0 Å². The fraction of sp³-hybridized carbons (Fsp3) is 0.300. The maximum Gasteiger partial charge on any atom is 0.416 e. The van der Waals surface area contributed by atoms with Gasteiger partial charge in [0, 0.05) is 6.42 Å². The number of carbonyl (C=O) groups is 2. The van der Waals surface area contributed by atoms with Crippen LogP contribution in [0.4, 0.5) is 4.79 Å². The van der Waals surface area contributed by atoms with Crippen LogP contribution in [0.5, 0.6) is 5.75 Å². The average molecular weight is 354 g/mol. The van der Waals surface area contributed by atoms with Crippen molar-refractivity contribution in [1.82, 2.24) is 10.2 Å². The maximum absolute atomic E-state index is 12.7. The summed E-state index contributed by atoms with van der Waals surface area (Å²) in [6.07, 6.45) is -1.20. The summed E-state index contributed by atoms with van der Waals surface area (Å²) in [6.45, 7) is 1.95. The number of nitrogens with one attached hydrogen (secondary N) is 1. The lowest BCUT2D eigenvalue weighted by atomic mass is 10.1. The van der Waals surface area contributed by atoms with Crippen molar-refractivity contribution in [2.75, 3.05) is 6.54 Å². The van der Waals surface area contributed by atoms with Crippen molar-refractivity contribution >= 4 is 12.0 Å². The van der Waals surface area contributed by atoms with Gasteiger partial charge in [-0.05, 0) is 24.6 Å². The van der Waals surface area contributed by atoms with Crippen LogP contribution in [-0.4, -0.2) is 40.7 Å². The monoisotopic (exact) mass is 354 g/mol. The van der Waals surface area contributed by atoms with Crippen LogP contribution in [-0.2, 0) is 4.79 Å². The van der Waals surface area contributed by atoms with E-state index in [0.29, 0.717) is 5.75 Å². The zero-order chi connectivity index (χ0) is 18.5. The molecule has 1 aliphatic rings. The van der Waals surface area contributed by atoms with Gasteiger partial charge in [-0.3, -0.25) is 9.69 Å². The highest BCUT2D eigenvalue weighted by Crippen LogP contribution is 2.22. The fourth-order valence-electron chi connectivity index (χ4n) is 3.05. The van der Waals surface area contributed by atoms with E-state index in [0.717, 1.165) is 5.56 Å². The van der Waals surface area contributed by atoms with E-state index in [2.05, 4.69) is 5.32 Å². The first-order chi connectivity index (χ1) is 12.5. The lowest BCUT2D eigenvalue weighted by molar-refractivity contribution is -0.125. The molecule has 1 saturated heterocycles. The van der Waals surface area contributed by atoms with Gasteiger partial charge in [-0.25, -0.2) is 4.79 Å². The number of aliphatic hydroxyl groups is 1. The molecule has 2 N–H and O–H groups in total. The highest BCUT2D eigenvalue weighted by molar-refractivity contribution is 5.87. The number of hydrogen-bond donors (Lipinski definition) is 2. The fourth-order valence-corrected chi connectivity index (χ4v) is 3.05. The molecular weight excluding hydrogens is 332 g/mol. The quantitative estimate of drug-likeness (QED) is 0.884. The number of nitrogens with zero attached hydrogens (tertiary/aromatic N) is 1. The molecule has 2 aromatic rings. The Morgan fingerprint density at radius 1 is 1.12 bits per heavy atom. The average Bonchev–Trinajstić information content (AvgIpc) is 3.05. The van der Waals surface area contributed by atoms with E-state index in [9.17, 15) is 14.7 Å². The molecule has 1 fully saturated rings. The largest absolute Gasteiger partial charge is 0.416 e. The molecule has 136 valence electrons. The SMILES string of the molecule is C[C@H](NC(=O)[C@@H]1C[C@@H](O)CN1C(=O)Oc1ccccc1)c1ccccc1. The van der Waals surface area contributed by atoms with E-state index < -0.39 is 18.2 Å². The summed E-state index contributed by atoms with van der Waals surface area (Å²) in [5.41, 5.74) is 0.970. The molecule has 0 spiro atoms. The molecule has 0 bridgehead atoms. The second-order valence-electron chi connectivity index (χ2n) is 6.38. The molecule has 6 nitrogen and oxygen atoms in total. The molecular formula is C20H22N2O4. The van der Waals surface area contributed by atoms with Gasteiger partial charge in [0.1, 0.15) is 11.8 Å². The van der Waals surface area contributed by atoms with Crippen LogP contribution < -0.4 is 10.1 Å². The van der Waals surface area contributed by atoms with Crippen molar-refractivity contribution in [2.24, 2.45) is 0 Å². The van der Waals surface area contributed by atoms with Crippen LogP contribution in [0, 0.1) is 0 Å². The highest BCUT2D eigenvalue weighted by atomic mass is 16.6. The standard InChI is InChI=1S/C20H22N2O4/c1-14(15-8-4-2-5-9-15)21-19(24)18-12-16(23)13-22(18)20(25)26-17-10-6-3-7-11-17/h2-11,14,16,18,23H,12-13H2,1H3,(H,21,24)/t14-,16+,18-/m0/s1. The first-order valence-corrected chi connectivity index (χ1v) is 8.61. The zero-order valence-corrected chi connectivity index (χ0v) is 14.5. The molecule has 6 heteroatoms. The summed E-state index contributed by atoms with van der Waals surface area (Å²) in [4.78, 5) is 26.4. The minimum atomic E-state index is -0.757. The zero-order valence-electron chi connectivity index (χ0n) is 14.5. The Bertz CT molecular complexity index is 751. The molecule has 0 radical (unpaired) electrons. The number of rotatable bonds is 4. The molecule has 0 aromatic heterocycles. The molecule has 2 amide bonds. The predicted molar refractivity (Wildman–Crippen MR) is 96.6 cm³/mol. The topological polar surface area (TPSA) is 78.9 Å². The Labute approximate surface area is 152 Å². The van der Waals surface area contributed by atoms with Crippen LogP contribution >= 0.6 is 0 Å². The minimum Gasteiger partial charge on any atom is -0.410 e. The van der Waals surface area contributed by atoms with E-state index in [1.54, 1.807) is 24.3 Å². The molecule has 0 saturated carbocycles. The van der Waals surface area contributed by atoms with Crippen molar-refractivity contribution in [3.8, 4) is 5.75 Å². The van der Waals surface area contributed by atoms with E-state index in [4.69, 9.17) is 4.74 Å². The predicted octanol–water partition coefficient (Wildman–Crippen LogP) is 2.50. The minimum absolute atomic E-state index is 0.0729. The number of carbonyl (C=O) groups excluding carboxylic acids is 2. The number of aliphatic hydroxyl groups excluding tert-OH is 1. The van der Waals surface area contributed by atoms with Gasteiger partial charge in [-0.1, -0.05) is 48.5 Å². The molecule has 3 rings (SSSR count). The van der Waals surface area contributed by atoms with Gasteiger partial charge in [0.05, 0.1) is 18.7 Å². The first kappa shape index (κ1) is 17.9. The molecule has 3 atom stereocenters. The molecule has 0 aliphatic carbocycles. The Morgan fingerprint density at radius 3 is 2.38 bits per heavy atom. The molecule has 2 aromatic carbocycles. The van der Waals surface area contributed by atoms with Crippen LogP contribution in [0.2, 0.25) is 0 Å². The molecule has 1 heterocycles. The third-order valence-corrected chi connectivity index (χ3v) is 4.42. The van der Waals surface area contributed by atoms with Crippen molar-refractivity contribution in [2.45, 2.75) is 31.5 Å². The van der Waals surface area contributed by atoms with Crippen molar-refractivity contribution in [3.63, 3.8) is 0 Å². The summed E-state index contributed by atoms with van der Waals surface area (Å²) in [5.74, 6) is 0.0959.